The van der Waals surface area contributed by atoms with Gasteiger partial charge in [0.2, 0.25) is 0 Å². The van der Waals surface area contributed by atoms with Crippen molar-refractivity contribution in [3.63, 3.8) is 0 Å². The third kappa shape index (κ3) is 0.990. The summed E-state index contributed by atoms with van der Waals surface area (Å²) in [6.07, 6.45) is 5.60. The highest BCUT2D eigenvalue weighted by Crippen LogP contribution is 2.38. The number of fused-ring (bicyclic) bond motifs is 2. The summed E-state index contributed by atoms with van der Waals surface area (Å²) in [7, 11) is 2.17. The third-order valence-corrected chi connectivity index (χ3v) is 3.71. The average molecular weight is 179 g/mol. The molecule has 3 heteroatoms. The van der Waals surface area contributed by atoms with Gasteiger partial charge in [0.1, 0.15) is 0 Å². The summed E-state index contributed by atoms with van der Waals surface area (Å²) in [5, 5.41) is 0. The summed E-state index contributed by atoms with van der Waals surface area (Å²) in [6, 6.07) is 1.65. The minimum atomic E-state index is 0.823. The van der Waals surface area contributed by atoms with Gasteiger partial charge in [0.25, 0.3) is 0 Å². The van der Waals surface area contributed by atoms with Crippen molar-refractivity contribution in [1.82, 2.24) is 9.80 Å². The van der Waals surface area contributed by atoms with E-state index in [0.29, 0.717) is 0 Å². The first kappa shape index (κ1) is 7.65. The molecule has 2 bridgehead atoms. The van der Waals surface area contributed by atoms with Crippen LogP contribution >= 0.6 is 0 Å². The lowest BCUT2D eigenvalue weighted by atomic mass is 10.0. The molecule has 0 aromatic rings. The lowest BCUT2D eigenvalue weighted by molar-refractivity contribution is 0.347. The monoisotopic (exact) mass is 179 g/mol. The van der Waals surface area contributed by atoms with E-state index in [0.717, 1.165) is 25.2 Å². The summed E-state index contributed by atoms with van der Waals surface area (Å²) in [5.74, 6) is 1.28. The summed E-state index contributed by atoms with van der Waals surface area (Å²) < 4.78 is 0. The van der Waals surface area contributed by atoms with Gasteiger partial charge in [-0.15, -0.1) is 0 Å². The normalized spacial score (nSPS) is 37.5. The molecule has 0 aliphatic carbocycles. The van der Waals surface area contributed by atoms with Crippen LogP contribution in [-0.2, 0) is 0 Å². The number of hydrogen-bond donors (Lipinski definition) is 0. The Bertz CT molecular complexity index is 229. The van der Waals surface area contributed by atoms with Crippen LogP contribution in [0.3, 0.4) is 0 Å². The molecule has 0 unspecified atom stereocenters. The summed E-state index contributed by atoms with van der Waals surface area (Å²) in [4.78, 5) is 9.51. The molecule has 0 saturated carbocycles. The van der Waals surface area contributed by atoms with E-state index >= 15 is 0 Å². The Hall–Kier alpha value is -0.730. The fourth-order valence-electron chi connectivity index (χ4n) is 3.04. The first-order valence-corrected chi connectivity index (χ1v) is 5.40. The number of hydrogen-bond acceptors (Lipinski definition) is 3. The van der Waals surface area contributed by atoms with Gasteiger partial charge in [0.15, 0.2) is 5.96 Å². The number of rotatable bonds is 0. The minimum absolute atomic E-state index is 0.823. The fraction of sp³-hybridized carbons (Fsp3) is 0.900. The molecule has 13 heavy (non-hydrogen) atoms. The van der Waals surface area contributed by atoms with Crippen molar-refractivity contribution < 1.29 is 0 Å². The molecular weight excluding hydrogens is 162 g/mol. The maximum atomic E-state index is 4.61. The van der Waals surface area contributed by atoms with E-state index in [1.807, 2.05) is 0 Å². The Balaban J connectivity index is 1.85. The molecule has 0 N–H and O–H groups in total. The zero-order chi connectivity index (χ0) is 8.84. The van der Waals surface area contributed by atoms with Gasteiger partial charge in [0, 0.05) is 25.7 Å². The molecule has 0 aromatic carbocycles. The van der Waals surface area contributed by atoms with Gasteiger partial charge in [-0.05, 0) is 25.7 Å². The minimum Gasteiger partial charge on any atom is -0.344 e. The molecule has 3 heterocycles. The highest BCUT2D eigenvalue weighted by atomic mass is 15.4. The van der Waals surface area contributed by atoms with Gasteiger partial charge in [-0.1, -0.05) is 0 Å². The van der Waals surface area contributed by atoms with Crippen molar-refractivity contribution in [2.24, 2.45) is 4.99 Å². The summed E-state index contributed by atoms with van der Waals surface area (Å²) >= 11 is 0. The van der Waals surface area contributed by atoms with Crippen LogP contribution in [0, 0.1) is 0 Å². The maximum Gasteiger partial charge on any atom is 0.196 e. The number of guanidine groups is 1. The van der Waals surface area contributed by atoms with Crippen LogP contribution in [0.25, 0.3) is 0 Å². The predicted octanol–water partition coefficient (Wildman–Crippen LogP) is 0.915. The summed E-state index contributed by atoms with van der Waals surface area (Å²) in [6.45, 7) is 2.12. The standard InChI is InChI=1S/C10H17N3/c1-12-7-6-11-10(12)13-8-2-3-9(13)5-4-8/h8-9H,2-7H2,1H3. The number of likely N-dealkylation sites (N-methyl/N-ethyl adjacent to an activating group) is 1. The Labute approximate surface area is 79.4 Å². The second kappa shape index (κ2) is 2.63. The molecule has 3 nitrogen and oxygen atoms in total. The lowest BCUT2D eigenvalue weighted by Gasteiger charge is -2.28. The quantitative estimate of drug-likeness (QED) is 0.550. The second-order valence-electron chi connectivity index (χ2n) is 4.47. The van der Waals surface area contributed by atoms with Crippen molar-refractivity contribution in [2.75, 3.05) is 20.1 Å². The zero-order valence-electron chi connectivity index (χ0n) is 8.24. The van der Waals surface area contributed by atoms with Gasteiger partial charge < -0.3 is 9.80 Å². The van der Waals surface area contributed by atoms with Crippen molar-refractivity contribution >= 4 is 5.96 Å². The van der Waals surface area contributed by atoms with Gasteiger partial charge in [-0.2, -0.15) is 0 Å². The van der Waals surface area contributed by atoms with E-state index in [4.69, 9.17) is 0 Å². The molecule has 2 saturated heterocycles. The van der Waals surface area contributed by atoms with Crippen LogP contribution in [-0.4, -0.2) is 48.0 Å². The Morgan fingerprint density at radius 1 is 1.15 bits per heavy atom. The molecule has 0 spiro atoms. The van der Waals surface area contributed by atoms with E-state index < -0.39 is 0 Å². The van der Waals surface area contributed by atoms with Gasteiger partial charge >= 0.3 is 0 Å². The van der Waals surface area contributed by atoms with E-state index in [2.05, 4.69) is 21.8 Å². The van der Waals surface area contributed by atoms with Gasteiger partial charge in [0.05, 0.1) is 6.54 Å². The zero-order valence-corrected chi connectivity index (χ0v) is 8.24. The van der Waals surface area contributed by atoms with Crippen LogP contribution < -0.4 is 0 Å². The van der Waals surface area contributed by atoms with Crippen molar-refractivity contribution in [3.05, 3.63) is 0 Å². The van der Waals surface area contributed by atoms with Crippen molar-refractivity contribution in [2.45, 2.75) is 37.8 Å². The van der Waals surface area contributed by atoms with Gasteiger partial charge in [-0.25, -0.2) is 0 Å². The van der Waals surface area contributed by atoms with E-state index in [-0.39, 0.29) is 0 Å². The molecule has 0 amide bonds. The van der Waals surface area contributed by atoms with Crippen LogP contribution in [0.2, 0.25) is 0 Å². The predicted molar refractivity (Wildman–Crippen MR) is 52.8 cm³/mol. The molecular formula is C10H17N3. The first-order chi connectivity index (χ1) is 6.36. The Morgan fingerprint density at radius 3 is 2.23 bits per heavy atom. The Morgan fingerprint density at radius 2 is 1.77 bits per heavy atom. The lowest BCUT2D eigenvalue weighted by Crippen LogP contribution is -2.42. The molecule has 0 radical (unpaired) electrons. The van der Waals surface area contributed by atoms with Crippen LogP contribution in [0.4, 0.5) is 0 Å². The second-order valence-corrected chi connectivity index (χ2v) is 4.47. The third-order valence-electron chi connectivity index (χ3n) is 3.71. The van der Waals surface area contributed by atoms with Crippen molar-refractivity contribution in [3.8, 4) is 0 Å². The smallest absolute Gasteiger partial charge is 0.196 e. The molecule has 3 aliphatic heterocycles. The number of aliphatic imine (C=N–C) groups is 1. The van der Waals surface area contributed by atoms with Crippen LogP contribution in [0.15, 0.2) is 4.99 Å². The highest BCUT2D eigenvalue weighted by molar-refractivity contribution is 5.82. The first-order valence-electron chi connectivity index (χ1n) is 5.40. The van der Waals surface area contributed by atoms with Crippen molar-refractivity contribution in [1.29, 1.82) is 0 Å². The molecule has 3 aliphatic rings. The molecule has 3 rings (SSSR count). The van der Waals surface area contributed by atoms with Gasteiger partial charge in [-0.3, -0.25) is 4.99 Å². The Kier molecular flexibility index (Phi) is 1.55. The van der Waals surface area contributed by atoms with Crippen LogP contribution in [0.1, 0.15) is 25.7 Å². The van der Waals surface area contributed by atoms with E-state index in [9.17, 15) is 0 Å². The topological polar surface area (TPSA) is 18.8 Å². The molecule has 0 atom stereocenters. The highest BCUT2D eigenvalue weighted by Gasteiger charge is 2.42. The SMILES string of the molecule is CN1CCN=C1N1C2CCC1CC2. The molecule has 72 valence electrons. The van der Waals surface area contributed by atoms with E-state index in [1.165, 1.54) is 31.6 Å². The average Bonchev–Trinajstić information content (AvgIpc) is 2.78. The molecule has 2 fully saturated rings. The fourth-order valence-corrected chi connectivity index (χ4v) is 3.04. The summed E-state index contributed by atoms with van der Waals surface area (Å²) in [5.41, 5.74) is 0. The molecule has 0 aromatic heterocycles. The largest absolute Gasteiger partial charge is 0.344 e. The van der Waals surface area contributed by atoms with Crippen LogP contribution in [0.5, 0.6) is 0 Å². The maximum absolute atomic E-state index is 4.61. The van der Waals surface area contributed by atoms with E-state index in [1.54, 1.807) is 0 Å². The number of nitrogens with zero attached hydrogens (tertiary/aromatic N) is 3.